The average molecular weight is 228 g/mol. The first-order valence-corrected chi connectivity index (χ1v) is 5.99. The van der Waals surface area contributed by atoms with Crippen LogP contribution in [0.4, 0.5) is 4.79 Å². The van der Waals surface area contributed by atoms with Crippen LogP contribution >= 0.6 is 0 Å². The molecular weight excluding hydrogens is 204 g/mol. The van der Waals surface area contributed by atoms with Gasteiger partial charge in [0.1, 0.15) is 0 Å². The van der Waals surface area contributed by atoms with Crippen molar-refractivity contribution in [2.45, 2.75) is 52.6 Å². The Hall–Kier alpha value is -0.770. The number of carbonyl (C=O) groups is 1. The van der Waals surface area contributed by atoms with E-state index in [9.17, 15) is 9.90 Å². The first-order chi connectivity index (χ1) is 7.31. The molecule has 0 aromatic rings. The fourth-order valence-corrected chi connectivity index (χ4v) is 1.82. The second kappa shape index (κ2) is 5.04. The summed E-state index contributed by atoms with van der Waals surface area (Å²) in [4.78, 5) is 11.6. The molecule has 1 aliphatic rings. The van der Waals surface area contributed by atoms with E-state index in [1.165, 1.54) is 0 Å². The minimum absolute atomic E-state index is 0.00902. The van der Waals surface area contributed by atoms with Crippen molar-refractivity contribution in [3.63, 3.8) is 0 Å². The summed E-state index contributed by atoms with van der Waals surface area (Å²) in [5.41, 5.74) is 0.105. The SMILES string of the molecule is CC1CC1NC(=O)NC(CO)CC(C)(C)C. The molecule has 16 heavy (non-hydrogen) atoms. The summed E-state index contributed by atoms with van der Waals surface area (Å²) in [5, 5.41) is 14.9. The van der Waals surface area contributed by atoms with Gasteiger partial charge in [-0.2, -0.15) is 0 Å². The maximum absolute atomic E-state index is 11.6. The number of carbonyl (C=O) groups excluding carboxylic acids is 1. The molecule has 2 amide bonds. The van der Waals surface area contributed by atoms with Crippen LogP contribution in [0.2, 0.25) is 0 Å². The van der Waals surface area contributed by atoms with E-state index >= 15 is 0 Å². The minimum Gasteiger partial charge on any atom is -0.394 e. The number of rotatable bonds is 4. The quantitative estimate of drug-likeness (QED) is 0.682. The van der Waals surface area contributed by atoms with Crippen LogP contribution in [-0.4, -0.2) is 29.8 Å². The van der Waals surface area contributed by atoms with E-state index in [1.807, 2.05) is 0 Å². The maximum Gasteiger partial charge on any atom is 0.315 e. The maximum atomic E-state index is 11.6. The van der Waals surface area contributed by atoms with Gasteiger partial charge in [0.25, 0.3) is 0 Å². The number of hydrogen-bond acceptors (Lipinski definition) is 2. The lowest BCUT2D eigenvalue weighted by Crippen LogP contribution is -2.46. The molecule has 3 N–H and O–H groups in total. The summed E-state index contributed by atoms with van der Waals surface area (Å²) in [6.45, 7) is 8.39. The predicted octanol–water partition coefficient (Wildman–Crippen LogP) is 1.49. The highest BCUT2D eigenvalue weighted by Gasteiger charge is 2.34. The molecule has 1 saturated carbocycles. The normalized spacial score (nSPS) is 26.1. The number of aliphatic hydroxyl groups is 1. The summed E-state index contributed by atoms with van der Waals surface area (Å²) in [6.07, 6.45) is 1.84. The molecule has 3 unspecified atom stereocenters. The van der Waals surface area contributed by atoms with Crippen molar-refractivity contribution in [3.05, 3.63) is 0 Å². The van der Waals surface area contributed by atoms with Crippen molar-refractivity contribution >= 4 is 6.03 Å². The van der Waals surface area contributed by atoms with E-state index in [4.69, 9.17) is 0 Å². The van der Waals surface area contributed by atoms with Gasteiger partial charge in [0.2, 0.25) is 0 Å². The zero-order chi connectivity index (χ0) is 12.3. The van der Waals surface area contributed by atoms with Gasteiger partial charge in [-0.3, -0.25) is 0 Å². The molecule has 3 atom stereocenters. The Morgan fingerprint density at radius 1 is 1.50 bits per heavy atom. The summed E-state index contributed by atoms with van der Waals surface area (Å²) < 4.78 is 0. The second-order valence-electron chi connectivity index (χ2n) is 6.08. The molecule has 1 aliphatic carbocycles. The Labute approximate surface area is 97.8 Å². The molecule has 0 radical (unpaired) electrons. The lowest BCUT2D eigenvalue weighted by molar-refractivity contribution is 0.190. The Morgan fingerprint density at radius 3 is 2.44 bits per heavy atom. The van der Waals surface area contributed by atoms with E-state index < -0.39 is 0 Å². The van der Waals surface area contributed by atoms with E-state index in [2.05, 4.69) is 38.3 Å². The third-order valence-electron chi connectivity index (χ3n) is 2.84. The smallest absolute Gasteiger partial charge is 0.315 e. The number of amides is 2. The molecule has 0 spiro atoms. The van der Waals surface area contributed by atoms with Crippen LogP contribution in [-0.2, 0) is 0 Å². The molecule has 4 nitrogen and oxygen atoms in total. The molecular formula is C12H24N2O2. The van der Waals surface area contributed by atoms with Crippen molar-refractivity contribution in [2.24, 2.45) is 11.3 Å². The summed E-state index contributed by atoms with van der Waals surface area (Å²) in [6, 6.07) is 0.0145. The van der Waals surface area contributed by atoms with Gasteiger partial charge in [-0.1, -0.05) is 27.7 Å². The van der Waals surface area contributed by atoms with Gasteiger partial charge in [-0.15, -0.1) is 0 Å². The van der Waals surface area contributed by atoms with Crippen molar-refractivity contribution in [1.29, 1.82) is 0 Å². The highest BCUT2D eigenvalue weighted by atomic mass is 16.3. The number of aliphatic hydroxyl groups excluding tert-OH is 1. The monoisotopic (exact) mass is 228 g/mol. The van der Waals surface area contributed by atoms with Crippen LogP contribution in [0.1, 0.15) is 40.5 Å². The summed E-state index contributed by atoms with van der Waals surface area (Å²) >= 11 is 0. The Bertz CT molecular complexity index is 248. The van der Waals surface area contributed by atoms with Crippen LogP contribution in [0.5, 0.6) is 0 Å². The average Bonchev–Trinajstić information content (AvgIpc) is 2.77. The summed E-state index contributed by atoms with van der Waals surface area (Å²) in [7, 11) is 0. The zero-order valence-corrected chi connectivity index (χ0v) is 10.7. The minimum atomic E-state index is -0.158. The van der Waals surface area contributed by atoms with Crippen molar-refractivity contribution < 1.29 is 9.90 Å². The molecule has 0 heterocycles. The Morgan fingerprint density at radius 2 is 2.06 bits per heavy atom. The molecule has 4 heteroatoms. The lowest BCUT2D eigenvalue weighted by atomic mass is 9.88. The van der Waals surface area contributed by atoms with Crippen LogP contribution in [0.15, 0.2) is 0 Å². The highest BCUT2D eigenvalue weighted by molar-refractivity contribution is 5.75. The van der Waals surface area contributed by atoms with Crippen LogP contribution in [0, 0.1) is 11.3 Å². The molecule has 0 aliphatic heterocycles. The first kappa shape index (κ1) is 13.3. The number of urea groups is 1. The van der Waals surface area contributed by atoms with Crippen molar-refractivity contribution in [2.75, 3.05) is 6.61 Å². The molecule has 1 fully saturated rings. The number of hydrogen-bond donors (Lipinski definition) is 3. The van der Waals surface area contributed by atoms with Gasteiger partial charge in [0.15, 0.2) is 0 Å². The van der Waals surface area contributed by atoms with E-state index in [1.54, 1.807) is 0 Å². The molecule has 0 aromatic carbocycles. The number of nitrogens with one attached hydrogen (secondary N) is 2. The van der Waals surface area contributed by atoms with E-state index in [0.29, 0.717) is 12.0 Å². The van der Waals surface area contributed by atoms with Crippen molar-refractivity contribution in [1.82, 2.24) is 10.6 Å². The van der Waals surface area contributed by atoms with E-state index in [-0.39, 0.29) is 24.1 Å². The predicted molar refractivity (Wildman–Crippen MR) is 64.2 cm³/mol. The van der Waals surface area contributed by atoms with Gasteiger partial charge >= 0.3 is 6.03 Å². The molecule has 94 valence electrons. The molecule has 1 rings (SSSR count). The fraction of sp³-hybridized carbons (Fsp3) is 0.917. The summed E-state index contributed by atoms with van der Waals surface area (Å²) in [5.74, 6) is 0.598. The van der Waals surface area contributed by atoms with Crippen LogP contribution in [0.25, 0.3) is 0 Å². The lowest BCUT2D eigenvalue weighted by Gasteiger charge is -2.25. The van der Waals surface area contributed by atoms with Gasteiger partial charge in [0.05, 0.1) is 12.6 Å². The second-order valence-corrected chi connectivity index (χ2v) is 6.08. The Kier molecular flexibility index (Phi) is 4.19. The Balaban J connectivity index is 2.29. The highest BCUT2D eigenvalue weighted by Crippen LogP contribution is 2.28. The third-order valence-corrected chi connectivity index (χ3v) is 2.84. The van der Waals surface area contributed by atoms with Crippen LogP contribution < -0.4 is 10.6 Å². The van der Waals surface area contributed by atoms with Gasteiger partial charge in [-0.05, 0) is 24.2 Å². The van der Waals surface area contributed by atoms with Crippen molar-refractivity contribution in [3.8, 4) is 0 Å². The molecule has 0 aromatic heterocycles. The zero-order valence-electron chi connectivity index (χ0n) is 10.7. The third kappa shape index (κ3) is 4.84. The largest absolute Gasteiger partial charge is 0.394 e. The van der Waals surface area contributed by atoms with Gasteiger partial charge in [0, 0.05) is 6.04 Å². The van der Waals surface area contributed by atoms with Crippen LogP contribution in [0.3, 0.4) is 0 Å². The van der Waals surface area contributed by atoms with E-state index in [0.717, 1.165) is 12.8 Å². The molecule has 0 saturated heterocycles. The topological polar surface area (TPSA) is 61.4 Å². The molecule has 0 bridgehead atoms. The standard InChI is InChI=1S/C12H24N2O2/c1-8-5-10(8)14-11(16)13-9(7-15)6-12(2,3)4/h8-10,15H,5-7H2,1-4H3,(H2,13,14,16). The fourth-order valence-electron chi connectivity index (χ4n) is 1.82. The first-order valence-electron chi connectivity index (χ1n) is 5.99. The van der Waals surface area contributed by atoms with Gasteiger partial charge < -0.3 is 15.7 Å². The van der Waals surface area contributed by atoms with Gasteiger partial charge in [-0.25, -0.2) is 4.79 Å².